The van der Waals surface area contributed by atoms with Crippen LogP contribution in [0.2, 0.25) is 0 Å². The van der Waals surface area contributed by atoms with E-state index in [1.807, 2.05) is 12.1 Å². The monoisotopic (exact) mass is 289 g/mol. The van der Waals surface area contributed by atoms with Gasteiger partial charge in [-0.2, -0.15) is 0 Å². The number of hydrogen-bond donors (Lipinski definition) is 2. The van der Waals surface area contributed by atoms with Crippen molar-refractivity contribution < 1.29 is 14.4 Å². The summed E-state index contributed by atoms with van der Waals surface area (Å²) in [6.07, 6.45) is 0.778. The van der Waals surface area contributed by atoms with E-state index in [1.54, 1.807) is 24.8 Å². The van der Waals surface area contributed by atoms with Crippen LogP contribution in [0.25, 0.3) is 0 Å². The molecular formula is C15H19N3O3. The van der Waals surface area contributed by atoms with Crippen molar-refractivity contribution in [1.29, 1.82) is 0 Å². The SMILES string of the molecule is CC(=O)N[C@@H](C)C(=O)Nc1ccc2c(c1)CCN2C(C)=O. The van der Waals surface area contributed by atoms with Crippen LogP contribution in [0.15, 0.2) is 18.2 Å². The van der Waals surface area contributed by atoms with Crippen molar-refractivity contribution in [3.8, 4) is 0 Å². The Morgan fingerprint density at radius 3 is 2.57 bits per heavy atom. The highest BCUT2D eigenvalue weighted by Crippen LogP contribution is 2.30. The van der Waals surface area contributed by atoms with Gasteiger partial charge in [-0.15, -0.1) is 0 Å². The molecule has 0 fully saturated rings. The van der Waals surface area contributed by atoms with E-state index < -0.39 is 6.04 Å². The number of anilines is 2. The zero-order valence-corrected chi connectivity index (χ0v) is 12.4. The Kier molecular flexibility index (Phi) is 4.26. The normalized spacial score (nSPS) is 14.3. The average Bonchev–Trinajstić information content (AvgIpc) is 2.80. The molecule has 112 valence electrons. The van der Waals surface area contributed by atoms with Gasteiger partial charge in [0.2, 0.25) is 17.7 Å². The first-order valence-electron chi connectivity index (χ1n) is 6.87. The summed E-state index contributed by atoms with van der Waals surface area (Å²) in [4.78, 5) is 36.1. The third-order valence-electron chi connectivity index (χ3n) is 3.44. The fraction of sp³-hybridized carbons (Fsp3) is 0.400. The number of nitrogens with zero attached hydrogens (tertiary/aromatic N) is 1. The van der Waals surface area contributed by atoms with Crippen molar-refractivity contribution >= 4 is 29.1 Å². The molecule has 6 nitrogen and oxygen atoms in total. The quantitative estimate of drug-likeness (QED) is 0.873. The number of rotatable bonds is 3. The Morgan fingerprint density at radius 2 is 1.95 bits per heavy atom. The fourth-order valence-electron chi connectivity index (χ4n) is 2.43. The van der Waals surface area contributed by atoms with Crippen LogP contribution in [0.1, 0.15) is 26.3 Å². The molecular weight excluding hydrogens is 270 g/mol. The maximum Gasteiger partial charge on any atom is 0.246 e. The molecule has 1 aromatic carbocycles. The average molecular weight is 289 g/mol. The highest BCUT2D eigenvalue weighted by Gasteiger charge is 2.22. The zero-order valence-electron chi connectivity index (χ0n) is 12.4. The van der Waals surface area contributed by atoms with Crippen LogP contribution in [-0.4, -0.2) is 30.3 Å². The van der Waals surface area contributed by atoms with Crippen molar-refractivity contribution in [3.05, 3.63) is 23.8 Å². The standard InChI is InChI=1S/C15H19N3O3/c1-9(16-10(2)19)15(21)17-13-4-5-14-12(8-13)6-7-18(14)11(3)20/h4-5,8-9H,6-7H2,1-3H3,(H,16,19)(H,17,21)/t9-/m0/s1. The molecule has 3 amide bonds. The molecule has 0 saturated heterocycles. The van der Waals surface area contributed by atoms with Crippen molar-refractivity contribution in [2.75, 3.05) is 16.8 Å². The molecule has 1 aliphatic rings. The van der Waals surface area contributed by atoms with Crippen molar-refractivity contribution in [2.45, 2.75) is 33.2 Å². The van der Waals surface area contributed by atoms with Crippen molar-refractivity contribution in [2.24, 2.45) is 0 Å². The Balaban J connectivity index is 2.08. The van der Waals surface area contributed by atoms with E-state index in [4.69, 9.17) is 0 Å². The van der Waals surface area contributed by atoms with E-state index in [-0.39, 0.29) is 17.7 Å². The van der Waals surface area contributed by atoms with E-state index in [0.29, 0.717) is 12.2 Å². The molecule has 1 heterocycles. The lowest BCUT2D eigenvalue weighted by Gasteiger charge is -2.16. The number of carbonyl (C=O) groups excluding carboxylic acids is 3. The molecule has 1 atom stereocenters. The number of fused-ring (bicyclic) bond motifs is 1. The molecule has 6 heteroatoms. The van der Waals surface area contributed by atoms with Gasteiger partial charge in [-0.05, 0) is 37.1 Å². The van der Waals surface area contributed by atoms with Crippen LogP contribution in [0.4, 0.5) is 11.4 Å². The Bertz CT molecular complexity index is 598. The highest BCUT2D eigenvalue weighted by molar-refractivity contribution is 5.98. The van der Waals surface area contributed by atoms with Gasteiger partial charge in [0.25, 0.3) is 0 Å². The molecule has 0 bridgehead atoms. The van der Waals surface area contributed by atoms with Crippen LogP contribution in [0, 0.1) is 0 Å². The summed E-state index contributed by atoms with van der Waals surface area (Å²) in [5, 5.41) is 5.30. The number of benzene rings is 1. The molecule has 2 N–H and O–H groups in total. The summed E-state index contributed by atoms with van der Waals surface area (Å²) in [5.41, 5.74) is 2.60. The lowest BCUT2D eigenvalue weighted by molar-refractivity contribution is -0.124. The summed E-state index contributed by atoms with van der Waals surface area (Å²) in [6.45, 7) is 5.21. The Morgan fingerprint density at radius 1 is 1.24 bits per heavy atom. The van der Waals surface area contributed by atoms with Gasteiger partial charge in [0.1, 0.15) is 6.04 Å². The van der Waals surface area contributed by atoms with E-state index >= 15 is 0 Å². The number of nitrogens with one attached hydrogen (secondary N) is 2. The van der Waals surface area contributed by atoms with Crippen LogP contribution >= 0.6 is 0 Å². The largest absolute Gasteiger partial charge is 0.345 e. The number of amides is 3. The molecule has 0 aromatic heterocycles. The first-order chi connectivity index (χ1) is 9.88. The molecule has 0 unspecified atom stereocenters. The molecule has 0 saturated carbocycles. The first kappa shape index (κ1) is 15.0. The smallest absolute Gasteiger partial charge is 0.246 e. The minimum Gasteiger partial charge on any atom is -0.345 e. The molecule has 1 aliphatic heterocycles. The minimum absolute atomic E-state index is 0.0183. The predicted molar refractivity (Wildman–Crippen MR) is 80.1 cm³/mol. The lowest BCUT2D eigenvalue weighted by Crippen LogP contribution is -2.40. The van der Waals surface area contributed by atoms with Crippen LogP contribution in [0.3, 0.4) is 0 Å². The maximum atomic E-state index is 11.9. The Labute approximate surface area is 123 Å². The maximum absolute atomic E-state index is 11.9. The van der Waals surface area contributed by atoms with E-state index in [0.717, 1.165) is 17.7 Å². The third-order valence-corrected chi connectivity index (χ3v) is 3.44. The number of hydrogen-bond acceptors (Lipinski definition) is 3. The molecule has 0 aliphatic carbocycles. The van der Waals surface area contributed by atoms with Gasteiger partial charge >= 0.3 is 0 Å². The van der Waals surface area contributed by atoms with Crippen LogP contribution in [-0.2, 0) is 20.8 Å². The van der Waals surface area contributed by atoms with Crippen LogP contribution in [0.5, 0.6) is 0 Å². The summed E-state index contributed by atoms with van der Waals surface area (Å²) in [5.74, 6) is -0.500. The molecule has 0 spiro atoms. The summed E-state index contributed by atoms with van der Waals surface area (Å²) < 4.78 is 0. The molecule has 2 rings (SSSR count). The number of carbonyl (C=O) groups is 3. The second kappa shape index (κ2) is 5.95. The van der Waals surface area contributed by atoms with Gasteiger partial charge in [0, 0.05) is 31.8 Å². The summed E-state index contributed by atoms with van der Waals surface area (Å²) >= 11 is 0. The van der Waals surface area contributed by atoms with Crippen molar-refractivity contribution in [3.63, 3.8) is 0 Å². The second-order valence-corrected chi connectivity index (χ2v) is 5.18. The molecule has 1 aromatic rings. The van der Waals surface area contributed by atoms with Crippen molar-refractivity contribution in [1.82, 2.24) is 5.32 Å². The second-order valence-electron chi connectivity index (χ2n) is 5.18. The minimum atomic E-state index is -0.593. The summed E-state index contributed by atoms with van der Waals surface area (Å²) in [7, 11) is 0. The van der Waals surface area contributed by atoms with Gasteiger partial charge in [0.15, 0.2) is 0 Å². The highest BCUT2D eigenvalue weighted by atomic mass is 16.2. The van der Waals surface area contributed by atoms with Gasteiger partial charge in [-0.1, -0.05) is 0 Å². The van der Waals surface area contributed by atoms with Gasteiger partial charge in [-0.3, -0.25) is 14.4 Å². The van der Waals surface area contributed by atoms with Gasteiger partial charge < -0.3 is 15.5 Å². The lowest BCUT2D eigenvalue weighted by atomic mass is 10.1. The van der Waals surface area contributed by atoms with E-state index in [1.165, 1.54) is 6.92 Å². The fourth-order valence-corrected chi connectivity index (χ4v) is 2.43. The van der Waals surface area contributed by atoms with Gasteiger partial charge in [0.05, 0.1) is 0 Å². The molecule has 0 radical (unpaired) electrons. The first-order valence-corrected chi connectivity index (χ1v) is 6.87. The topological polar surface area (TPSA) is 78.5 Å². The van der Waals surface area contributed by atoms with E-state index in [2.05, 4.69) is 10.6 Å². The molecule has 21 heavy (non-hydrogen) atoms. The van der Waals surface area contributed by atoms with E-state index in [9.17, 15) is 14.4 Å². The van der Waals surface area contributed by atoms with Gasteiger partial charge in [-0.25, -0.2) is 0 Å². The van der Waals surface area contributed by atoms with Crippen LogP contribution < -0.4 is 15.5 Å². The predicted octanol–water partition coefficient (Wildman–Crippen LogP) is 1.06. The Hall–Kier alpha value is -2.37. The third kappa shape index (κ3) is 3.39. The zero-order chi connectivity index (χ0) is 15.6. The summed E-state index contributed by atoms with van der Waals surface area (Å²) in [6, 6.07) is 4.88.